The molecular formula is C13H18N2S2. The lowest BCUT2D eigenvalue weighted by Gasteiger charge is -2.19. The number of amidine groups is 1. The van der Waals surface area contributed by atoms with E-state index in [-0.39, 0.29) is 0 Å². The summed E-state index contributed by atoms with van der Waals surface area (Å²) >= 11 is 3.59. The first-order valence-electron chi connectivity index (χ1n) is 5.93. The maximum absolute atomic E-state index is 4.70. The largest absolute Gasteiger partial charge is 0.335 e. The molecule has 1 aliphatic heterocycles. The minimum absolute atomic E-state index is 0.504. The number of nitrogens with zero attached hydrogens (tertiary/aromatic N) is 1. The topological polar surface area (TPSA) is 24.4 Å². The first-order valence-corrected chi connectivity index (χ1v) is 8.14. The quantitative estimate of drug-likeness (QED) is 0.834. The van der Waals surface area contributed by atoms with Crippen molar-refractivity contribution in [3.63, 3.8) is 0 Å². The van der Waals surface area contributed by atoms with E-state index < -0.39 is 0 Å². The smallest absolute Gasteiger partial charge is 0.161 e. The summed E-state index contributed by atoms with van der Waals surface area (Å²) in [4.78, 5) is 5.99. The Bertz CT molecular complexity index is 387. The van der Waals surface area contributed by atoms with Gasteiger partial charge in [-0.25, -0.2) is 0 Å². The van der Waals surface area contributed by atoms with Crippen LogP contribution in [0.1, 0.15) is 19.8 Å². The molecule has 1 aliphatic rings. The molecule has 0 aliphatic carbocycles. The van der Waals surface area contributed by atoms with E-state index >= 15 is 0 Å². The van der Waals surface area contributed by atoms with Gasteiger partial charge in [0, 0.05) is 16.3 Å². The highest BCUT2D eigenvalue weighted by atomic mass is 32.2. The van der Waals surface area contributed by atoms with Gasteiger partial charge in [0.2, 0.25) is 0 Å². The Hall–Kier alpha value is -0.610. The van der Waals surface area contributed by atoms with Gasteiger partial charge in [-0.05, 0) is 43.4 Å². The van der Waals surface area contributed by atoms with Gasteiger partial charge >= 0.3 is 0 Å². The number of rotatable bonds is 3. The summed E-state index contributed by atoms with van der Waals surface area (Å²) in [5, 5.41) is 4.47. The van der Waals surface area contributed by atoms with Gasteiger partial charge in [0.1, 0.15) is 0 Å². The molecule has 0 radical (unpaired) electrons. The van der Waals surface area contributed by atoms with E-state index in [0.29, 0.717) is 6.04 Å². The normalized spacial score (nSPS) is 19.9. The number of benzene rings is 1. The molecular weight excluding hydrogens is 248 g/mol. The molecule has 0 saturated heterocycles. The van der Waals surface area contributed by atoms with Crippen LogP contribution in [0, 0.1) is 0 Å². The maximum Gasteiger partial charge on any atom is 0.161 e. The van der Waals surface area contributed by atoms with E-state index in [9.17, 15) is 0 Å². The fourth-order valence-corrected chi connectivity index (χ4v) is 3.13. The van der Waals surface area contributed by atoms with Gasteiger partial charge in [0.05, 0.1) is 6.04 Å². The van der Waals surface area contributed by atoms with Crippen LogP contribution in [-0.2, 0) is 0 Å². The van der Waals surface area contributed by atoms with Crippen molar-refractivity contribution >= 4 is 34.4 Å². The molecule has 92 valence electrons. The Labute approximate surface area is 112 Å². The van der Waals surface area contributed by atoms with Gasteiger partial charge in [0.25, 0.3) is 0 Å². The summed E-state index contributed by atoms with van der Waals surface area (Å²) < 4.78 is 0. The van der Waals surface area contributed by atoms with E-state index in [1.165, 1.54) is 17.1 Å². The van der Waals surface area contributed by atoms with Crippen molar-refractivity contribution in [2.75, 3.05) is 17.3 Å². The van der Waals surface area contributed by atoms with Gasteiger partial charge in [-0.2, -0.15) is 0 Å². The Morgan fingerprint density at radius 2 is 2.18 bits per heavy atom. The fourth-order valence-electron chi connectivity index (χ4n) is 1.72. The molecule has 1 aromatic carbocycles. The zero-order chi connectivity index (χ0) is 12.1. The third kappa shape index (κ3) is 3.68. The molecule has 0 saturated carbocycles. The number of anilines is 1. The molecule has 2 nitrogen and oxygen atoms in total. The van der Waals surface area contributed by atoms with Crippen molar-refractivity contribution < 1.29 is 0 Å². The van der Waals surface area contributed by atoms with Crippen molar-refractivity contribution in [1.29, 1.82) is 0 Å². The monoisotopic (exact) mass is 266 g/mol. The van der Waals surface area contributed by atoms with Crippen LogP contribution in [0.15, 0.2) is 34.2 Å². The summed E-state index contributed by atoms with van der Waals surface area (Å²) in [5.41, 5.74) is 1.13. The summed E-state index contributed by atoms with van der Waals surface area (Å²) in [7, 11) is 0. The average Bonchev–Trinajstić information content (AvgIpc) is 2.40. The highest BCUT2D eigenvalue weighted by Gasteiger charge is 2.13. The second-order valence-electron chi connectivity index (χ2n) is 3.99. The summed E-state index contributed by atoms with van der Waals surface area (Å²) in [5.74, 6) is 1.17. The van der Waals surface area contributed by atoms with Crippen molar-refractivity contribution in [3.8, 4) is 0 Å². The summed E-state index contributed by atoms with van der Waals surface area (Å²) in [6.07, 6.45) is 4.43. The van der Waals surface area contributed by atoms with Crippen LogP contribution in [0.2, 0.25) is 0 Å². The van der Waals surface area contributed by atoms with Crippen molar-refractivity contribution in [3.05, 3.63) is 24.3 Å². The van der Waals surface area contributed by atoms with Gasteiger partial charge in [-0.3, -0.25) is 4.99 Å². The SMILES string of the molecule is CCC1CCSC(Nc2ccc(SC)cc2)=N1. The van der Waals surface area contributed by atoms with Crippen LogP contribution in [0.5, 0.6) is 0 Å². The molecule has 0 spiro atoms. The standard InChI is InChI=1S/C13H18N2S2/c1-3-10-8-9-17-13(14-10)15-11-4-6-12(16-2)7-5-11/h4-7,10H,3,8-9H2,1-2H3,(H,14,15). The van der Waals surface area contributed by atoms with Crippen LogP contribution in [-0.4, -0.2) is 23.2 Å². The van der Waals surface area contributed by atoms with Crippen LogP contribution in [0.3, 0.4) is 0 Å². The summed E-state index contributed by atoms with van der Waals surface area (Å²) in [6.45, 7) is 2.20. The number of hydrogen-bond acceptors (Lipinski definition) is 4. The second kappa shape index (κ2) is 6.36. The van der Waals surface area contributed by atoms with Crippen LogP contribution < -0.4 is 5.32 Å². The molecule has 17 heavy (non-hydrogen) atoms. The molecule has 2 rings (SSSR count). The number of thioether (sulfide) groups is 2. The van der Waals surface area contributed by atoms with E-state index in [2.05, 4.69) is 42.8 Å². The molecule has 1 N–H and O–H groups in total. The van der Waals surface area contributed by atoms with Gasteiger partial charge < -0.3 is 5.32 Å². The van der Waals surface area contributed by atoms with Crippen LogP contribution >= 0.6 is 23.5 Å². The third-order valence-electron chi connectivity index (χ3n) is 2.80. The van der Waals surface area contributed by atoms with E-state index in [1.54, 1.807) is 11.8 Å². The minimum Gasteiger partial charge on any atom is -0.335 e. The predicted octanol–water partition coefficient (Wildman–Crippen LogP) is 4.09. The molecule has 4 heteroatoms. The first kappa shape index (κ1) is 12.8. The molecule has 0 bridgehead atoms. The van der Waals surface area contributed by atoms with Gasteiger partial charge in [-0.1, -0.05) is 18.7 Å². The van der Waals surface area contributed by atoms with Gasteiger partial charge in [-0.15, -0.1) is 11.8 Å². The third-order valence-corrected chi connectivity index (χ3v) is 4.47. The van der Waals surface area contributed by atoms with Crippen LogP contribution in [0.4, 0.5) is 5.69 Å². The van der Waals surface area contributed by atoms with E-state index in [1.807, 2.05) is 11.8 Å². The molecule has 1 aromatic rings. The minimum atomic E-state index is 0.504. The zero-order valence-corrected chi connectivity index (χ0v) is 11.9. The molecule has 0 aromatic heterocycles. The Balaban J connectivity index is 2.02. The maximum atomic E-state index is 4.70. The van der Waals surface area contributed by atoms with Crippen molar-refractivity contribution in [1.82, 2.24) is 0 Å². The molecule has 1 atom stereocenters. The van der Waals surface area contributed by atoms with Crippen LogP contribution in [0.25, 0.3) is 0 Å². The van der Waals surface area contributed by atoms with Crippen molar-refractivity contribution in [2.45, 2.75) is 30.7 Å². The van der Waals surface area contributed by atoms with E-state index in [0.717, 1.165) is 17.3 Å². The fraction of sp³-hybridized carbons (Fsp3) is 0.462. The Morgan fingerprint density at radius 3 is 2.82 bits per heavy atom. The highest BCUT2D eigenvalue weighted by Crippen LogP contribution is 2.22. The Kier molecular flexibility index (Phi) is 4.80. The Morgan fingerprint density at radius 1 is 1.41 bits per heavy atom. The van der Waals surface area contributed by atoms with Crippen molar-refractivity contribution in [2.24, 2.45) is 4.99 Å². The number of hydrogen-bond donors (Lipinski definition) is 1. The lowest BCUT2D eigenvalue weighted by atomic mass is 10.2. The lowest BCUT2D eigenvalue weighted by Crippen LogP contribution is -2.19. The molecule has 0 amide bonds. The molecule has 1 heterocycles. The summed E-state index contributed by atoms with van der Waals surface area (Å²) in [6, 6.07) is 9.01. The average molecular weight is 266 g/mol. The first-order chi connectivity index (χ1) is 8.31. The second-order valence-corrected chi connectivity index (χ2v) is 5.95. The molecule has 1 unspecified atom stereocenters. The number of aliphatic imine (C=N–C) groups is 1. The van der Waals surface area contributed by atoms with Gasteiger partial charge in [0.15, 0.2) is 5.17 Å². The highest BCUT2D eigenvalue weighted by molar-refractivity contribution is 8.14. The lowest BCUT2D eigenvalue weighted by molar-refractivity contribution is 0.634. The number of nitrogens with one attached hydrogen (secondary N) is 1. The van der Waals surface area contributed by atoms with E-state index in [4.69, 9.17) is 4.99 Å². The predicted molar refractivity (Wildman–Crippen MR) is 80.4 cm³/mol. The zero-order valence-electron chi connectivity index (χ0n) is 10.3. The molecule has 0 fully saturated rings.